The number of benzene rings is 1. The van der Waals surface area contributed by atoms with Gasteiger partial charge in [-0.25, -0.2) is 4.39 Å². The highest BCUT2D eigenvalue weighted by molar-refractivity contribution is 6.31. The summed E-state index contributed by atoms with van der Waals surface area (Å²) in [5.41, 5.74) is 0.984. The van der Waals surface area contributed by atoms with Crippen molar-refractivity contribution in [1.29, 1.82) is 0 Å². The molecule has 0 radical (unpaired) electrons. The summed E-state index contributed by atoms with van der Waals surface area (Å²) < 4.78 is 30.4. The van der Waals surface area contributed by atoms with Crippen molar-refractivity contribution < 1.29 is 7.13 Å². The first kappa shape index (κ1) is 9.70. The molecule has 0 amide bonds. The minimum absolute atomic E-state index is 0.151. The van der Waals surface area contributed by atoms with Crippen LogP contribution in [-0.2, 0) is 12.9 Å². The van der Waals surface area contributed by atoms with Crippen LogP contribution in [0, 0.1) is 5.82 Å². The molecule has 1 aliphatic heterocycles. The van der Waals surface area contributed by atoms with Gasteiger partial charge in [0.2, 0.25) is 0 Å². The SMILES string of the molecule is [2H]C1([2H])NC(C)(C)Cc2cnc3c(F)cc(Cl)cc3c21. The summed E-state index contributed by atoms with van der Waals surface area (Å²) in [5.74, 6) is -0.532. The minimum atomic E-state index is -1.75. The van der Waals surface area contributed by atoms with E-state index >= 15 is 0 Å². The molecule has 3 rings (SSSR count). The lowest BCUT2D eigenvalue weighted by Gasteiger charge is -2.33. The molecule has 4 heteroatoms. The Morgan fingerprint density at radius 3 is 3.06 bits per heavy atom. The number of aromatic nitrogens is 1. The second-order valence-corrected chi connectivity index (χ2v) is 5.69. The summed E-state index contributed by atoms with van der Waals surface area (Å²) in [7, 11) is 0. The summed E-state index contributed by atoms with van der Waals surface area (Å²) in [6, 6.07) is 2.77. The van der Waals surface area contributed by atoms with E-state index in [1.165, 1.54) is 6.07 Å². The van der Waals surface area contributed by atoms with Gasteiger partial charge in [0, 0.05) is 31.4 Å². The van der Waals surface area contributed by atoms with Crippen LogP contribution in [-0.4, -0.2) is 10.5 Å². The fraction of sp³-hybridized carbons (Fsp3) is 0.357. The van der Waals surface area contributed by atoms with Gasteiger partial charge in [-0.1, -0.05) is 11.6 Å². The molecule has 1 aliphatic rings. The fourth-order valence-electron chi connectivity index (χ4n) is 2.30. The van der Waals surface area contributed by atoms with E-state index in [1.54, 1.807) is 12.3 Å². The maximum Gasteiger partial charge on any atom is 0.150 e. The Morgan fingerprint density at radius 1 is 1.50 bits per heavy atom. The molecule has 0 fully saturated rings. The Balaban J connectivity index is 2.39. The molecule has 0 spiro atoms. The maximum atomic E-state index is 13.9. The van der Waals surface area contributed by atoms with E-state index in [1.807, 2.05) is 13.8 Å². The summed E-state index contributed by atoms with van der Waals surface area (Å²) in [6.07, 6.45) is 2.19. The lowest BCUT2D eigenvalue weighted by molar-refractivity contribution is 0.363. The van der Waals surface area contributed by atoms with Crippen LogP contribution in [0.1, 0.15) is 27.7 Å². The Bertz CT molecular complexity index is 716. The first-order chi connectivity index (χ1) is 9.20. The molecule has 0 saturated heterocycles. The number of rotatable bonds is 0. The molecule has 2 nitrogen and oxygen atoms in total. The summed E-state index contributed by atoms with van der Waals surface area (Å²) >= 11 is 5.90. The number of hydrogen-bond acceptors (Lipinski definition) is 2. The maximum absolute atomic E-state index is 13.9. The van der Waals surface area contributed by atoms with Gasteiger partial charge < -0.3 is 5.32 Å². The highest BCUT2D eigenvalue weighted by atomic mass is 35.5. The normalized spacial score (nSPS) is 22.2. The van der Waals surface area contributed by atoms with Crippen LogP contribution in [0.25, 0.3) is 10.9 Å². The average molecular weight is 267 g/mol. The zero-order chi connectivity index (χ0) is 14.7. The van der Waals surface area contributed by atoms with Gasteiger partial charge in [-0.05, 0) is 43.5 Å². The number of nitrogens with one attached hydrogen (secondary N) is 1. The van der Waals surface area contributed by atoms with Crippen molar-refractivity contribution in [3.8, 4) is 0 Å². The molecular formula is C14H14ClFN2. The third-order valence-electron chi connectivity index (χ3n) is 3.13. The zero-order valence-electron chi connectivity index (χ0n) is 12.1. The van der Waals surface area contributed by atoms with Crippen LogP contribution in [0.3, 0.4) is 0 Å². The molecule has 1 N–H and O–H groups in total. The second kappa shape index (κ2) is 3.90. The lowest BCUT2D eigenvalue weighted by Crippen LogP contribution is -2.44. The lowest BCUT2D eigenvalue weighted by atomic mass is 9.87. The molecule has 0 saturated carbocycles. The molecule has 94 valence electrons. The van der Waals surface area contributed by atoms with Crippen molar-refractivity contribution >= 4 is 22.5 Å². The van der Waals surface area contributed by atoms with Crippen molar-refractivity contribution in [3.63, 3.8) is 0 Å². The predicted molar refractivity (Wildman–Crippen MR) is 71.3 cm³/mol. The standard InChI is InChI=1S/C14H14ClFN2/c1-14(2)5-8-6-17-13-10(11(8)7-18-14)3-9(15)4-12(13)16/h3-4,6,18H,5,7H2,1-2H3/i7D2. The predicted octanol–water partition coefficient (Wildman–Crippen LogP) is 3.45. The van der Waals surface area contributed by atoms with E-state index in [9.17, 15) is 4.39 Å². The second-order valence-electron chi connectivity index (χ2n) is 5.25. The number of fused-ring (bicyclic) bond motifs is 3. The number of hydrogen-bond donors (Lipinski definition) is 1. The van der Waals surface area contributed by atoms with Gasteiger partial charge in [-0.3, -0.25) is 4.98 Å². The summed E-state index contributed by atoms with van der Waals surface area (Å²) in [4.78, 5) is 4.14. The highest BCUT2D eigenvalue weighted by Gasteiger charge is 2.26. The van der Waals surface area contributed by atoms with E-state index < -0.39 is 12.3 Å². The van der Waals surface area contributed by atoms with Crippen molar-refractivity contribution in [2.24, 2.45) is 0 Å². The molecule has 0 bridgehead atoms. The van der Waals surface area contributed by atoms with E-state index in [0.29, 0.717) is 17.4 Å². The monoisotopic (exact) mass is 266 g/mol. The van der Waals surface area contributed by atoms with Crippen LogP contribution in [0.4, 0.5) is 4.39 Å². The van der Waals surface area contributed by atoms with Crippen molar-refractivity contribution in [2.75, 3.05) is 0 Å². The topological polar surface area (TPSA) is 24.9 Å². The number of nitrogens with zero attached hydrogens (tertiary/aromatic N) is 1. The molecule has 0 atom stereocenters. The Labute approximate surface area is 113 Å². The molecule has 18 heavy (non-hydrogen) atoms. The van der Waals surface area contributed by atoms with Gasteiger partial charge in [0.15, 0.2) is 5.82 Å². The van der Waals surface area contributed by atoms with Crippen LogP contribution < -0.4 is 5.32 Å². The Morgan fingerprint density at radius 2 is 2.28 bits per heavy atom. The van der Waals surface area contributed by atoms with Gasteiger partial charge in [0.25, 0.3) is 0 Å². The minimum Gasteiger partial charge on any atom is -0.307 e. The fourth-order valence-corrected chi connectivity index (χ4v) is 2.51. The first-order valence-electron chi connectivity index (χ1n) is 6.76. The van der Waals surface area contributed by atoms with E-state index in [0.717, 1.165) is 5.56 Å². The van der Waals surface area contributed by atoms with Gasteiger partial charge in [-0.15, -0.1) is 0 Å². The molecule has 1 aromatic carbocycles. The molecule has 2 aromatic rings. The van der Waals surface area contributed by atoms with E-state index in [4.69, 9.17) is 14.3 Å². The average Bonchev–Trinajstić information content (AvgIpc) is 2.23. The van der Waals surface area contributed by atoms with Crippen molar-refractivity contribution in [3.05, 3.63) is 40.3 Å². The van der Waals surface area contributed by atoms with Gasteiger partial charge in [-0.2, -0.15) is 0 Å². The van der Waals surface area contributed by atoms with Gasteiger partial charge >= 0.3 is 0 Å². The van der Waals surface area contributed by atoms with Crippen molar-refractivity contribution in [1.82, 2.24) is 10.3 Å². The van der Waals surface area contributed by atoms with Crippen molar-refractivity contribution in [2.45, 2.75) is 32.3 Å². The summed E-state index contributed by atoms with van der Waals surface area (Å²) in [5, 5.41) is 3.63. The quantitative estimate of drug-likeness (QED) is 0.790. The Hall–Kier alpha value is -1.19. The van der Waals surface area contributed by atoms with Crippen LogP contribution in [0.5, 0.6) is 0 Å². The largest absolute Gasteiger partial charge is 0.307 e. The number of pyridine rings is 1. The zero-order valence-corrected chi connectivity index (χ0v) is 10.9. The first-order valence-corrected chi connectivity index (χ1v) is 6.14. The van der Waals surface area contributed by atoms with Crippen LogP contribution in [0.15, 0.2) is 18.3 Å². The highest BCUT2D eigenvalue weighted by Crippen LogP contribution is 2.30. The molecule has 2 heterocycles. The van der Waals surface area contributed by atoms with Crippen LogP contribution in [0.2, 0.25) is 5.02 Å². The van der Waals surface area contributed by atoms with Crippen LogP contribution >= 0.6 is 11.6 Å². The molecular weight excluding hydrogens is 251 g/mol. The Kier molecular flexibility index (Phi) is 2.10. The molecule has 0 unspecified atom stereocenters. The van der Waals surface area contributed by atoms with Gasteiger partial charge in [0.05, 0.1) is 0 Å². The van der Waals surface area contributed by atoms with E-state index in [-0.39, 0.29) is 16.1 Å². The van der Waals surface area contributed by atoms with E-state index in [2.05, 4.69) is 10.3 Å². The molecule has 1 aromatic heterocycles. The smallest absolute Gasteiger partial charge is 0.150 e. The third kappa shape index (κ3) is 1.88. The third-order valence-corrected chi connectivity index (χ3v) is 3.34. The van der Waals surface area contributed by atoms with Gasteiger partial charge in [0.1, 0.15) is 5.52 Å². The molecule has 0 aliphatic carbocycles. The summed E-state index contributed by atoms with van der Waals surface area (Å²) in [6.45, 7) is 2.10. The number of halogens is 2.